The van der Waals surface area contributed by atoms with Crippen LogP contribution in [-0.2, 0) is 14.3 Å². The Morgan fingerprint density at radius 2 is 1.63 bits per heavy atom. The number of nitrogens with one attached hydrogen (secondary N) is 1. The molecule has 7 heteroatoms. The van der Waals surface area contributed by atoms with Crippen LogP contribution >= 0.6 is 0 Å². The standard InChI is InChI=1S/C28H32N2O5/c1-30(28(26(32)33)14-7-15-28)25(31)16-18-8-6-13-24(18)29-27(34)35-17-23-21-11-4-2-9-19(21)20-10-3-5-12-22(20)23/h2-5,9-12,18,23-24H,6-8,13-17H2,1H3,(H,29,34)(H,32,33)/t18-,24+/m0/s1. The average Bonchev–Trinajstić information content (AvgIpc) is 3.38. The van der Waals surface area contributed by atoms with Crippen LogP contribution < -0.4 is 5.32 Å². The normalized spacial score (nSPS) is 22.0. The van der Waals surface area contributed by atoms with Gasteiger partial charge in [0.05, 0.1) is 0 Å². The quantitative estimate of drug-likeness (QED) is 0.611. The third-order valence-electron chi connectivity index (χ3n) is 8.34. The second-order valence-electron chi connectivity index (χ2n) is 10.1. The molecule has 2 fully saturated rings. The van der Waals surface area contributed by atoms with E-state index in [1.165, 1.54) is 16.0 Å². The molecular weight excluding hydrogens is 444 g/mol. The second kappa shape index (κ2) is 9.36. The molecule has 5 rings (SSSR count). The number of likely N-dealkylation sites (N-methyl/N-ethyl adjacent to an activating group) is 1. The molecule has 0 aromatic heterocycles. The summed E-state index contributed by atoms with van der Waals surface area (Å²) in [7, 11) is 1.60. The number of fused-ring (bicyclic) bond motifs is 3. The number of hydrogen-bond donors (Lipinski definition) is 2. The van der Waals surface area contributed by atoms with Crippen LogP contribution in [0.2, 0.25) is 0 Å². The minimum Gasteiger partial charge on any atom is -0.479 e. The van der Waals surface area contributed by atoms with Gasteiger partial charge in [-0.05, 0) is 60.3 Å². The predicted octanol–water partition coefficient (Wildman–Crippen LogP) is 4.55. The van der Waals surface area contributed by atoms with Gasteiger partial charge in [-0.1, -0.05) is 55.0 Å². The van der Waals surface area contributed by atoms with E-state index in [0.29, 0.717) is 12.8 Å². The summed E-state index contributed by atoms with van der Waals surface area (Å²) >= 11 is 0. The molecule has 0 radical (unpaired) electrons. The molecule has 0 spiro atoms. The van der Waals surface area contributed by atoms with Gasteiger partial charge in [0.25, 0.3) is 0 Å². The molecule has 3 aliphatic carbocycles. The first kappa shape index (κ1) is 23.4. The summed E-state index contributed by atoms with van der Waals surface area (Å²) in [6.45, 7) is 0.250. The third kappa shape index (κ3) is 4.17. The Hall–Kier alpha value is -3.35. The van der Waals surface area contributed by atoms with Crippen LogP contribution in [-0.4, -0.2) is 53.2 Å². The maximum atomic E-state index is 12.9. The number of carboxylic acid groups (broad SMARTS) is 1. The first-order chi connectivity index (χ1) is 16.9. The fourth-order valence-electron chi connectivity index (χ4n) is 6.07. The lowest BCUT2D eigenvalue weighted by Crippen LogP contribution is -2.60. The van der Waals surface area contributed by atoms with Gasteiger partial charge >= 0.3 is 12.1 Å². The Morgan fingerprint density at radius 1 is 1.00 bits per heavy atom. The van der Waals surface area contributed by atoms with E-state index in [2.05, 4.69) is 29.6 Å². The highest BCUT2D eigenvalue weighted by molar-refractivity contribution is 5.88. The molecule has 2 atom stereocenters. The number of carboxylic acids is 1. The van der Waals surface area contributed by atoms with Gasteiger partial charge in [0, 0.05) is 25.4 Å². The summed E-state index contributed by atoms with van der Waals surface area (Å²) in [5, 5.41) is 12.6. The molecule has 2 aromatic rings. The van der Waals surface area contributed by atoms with Crippen LogP contribution in [0.4, 0.5) is 4.79 Å². The molecular formula is C28H32N2O5. The van der Waals surface area contributed by atoms with Crippen molar-refractivity contribution < 1.29 is 24.2 Å². The molecule has 0 aliphatic heterocycles. The number of carbonyl (C=O) groups is 3. The van der Waals surface area contributed by atoms with Crippen molar-refractivity contribution in [2.45, 2.75) is 62.4 Å². The zero-order valence-electron chi connectivity index (χ0n) is 20.0. The molecule has 0 saturated heterocycles. The Kier molecular flexibility index (Phi) is 6.26. The molecule has 0 heterocycles. The monoisotopic (exact) mass is 476 g/mol. The number of hydrogen-bond acceptors (Lipinski definition) is 4. The molecule has 0 bridgehead atoms. The highest BCUT2D eigenvalue weighted by Gasteiger charge is 2.50. The lowest BCUT2D eigenvalue weighted by molar-refractivity contribution is -0.164. The maximum Gasteiger partial charge on any atom is 0.407 e. The summed E-state index contributed by atoms with van der Waals surface area (Å²) in [6.07, 6.45) is 4.11. The van der Waals surface area contributed by atoms with Gasteiger partial charge in [-0.25, -0.2) is 9.59 Å². The Labute approximate surface area is 205 Å². The van der Waals surface area contributed by atoms with Gasteiger partial charge in [-0.3, -0.25) is 4.79 Å². The van der Waals surface area contributed by atoms with Crippen molar-refractivity contribution >= 4 is 18.0 Å². The number of rotatable bonds is 7. The van der Waals surface area contributed by atoms with Gasteiger partial charge in [-0.2, -0.15) is 0 Å². The lowest BCUT2D eigenvalue weighted by Gasteiger charge is -2.45. The summed E-state index contributed by atoms with van der Waals surface area (Å²) in [6, 6.07) is 16.3. The first-order valence-corrected chi connectivity index (χ1v) is 12.5. The van der Waals surface area contributed by atoms with Crippen LogP contribution in [0, 0.1) is 5.92 Å². The molecule has 2 N–H and O–H groups in total. The Bertz CT molecular complexity index is 1100. The lowest BCUT2D eigenvalue weighted by atomic mass is 9.75. The summed E-state index contributed by atoms with van der Waals surface area (Å²) in [4.78, 5) is 38.9. The van der Waals surface area contributed by atoms with Gasteiger partial charge in [0.2, 0.25) is 5.91 Å². The van der Waals surface area contributed by atoms with Crippen LogP contribution in [0.3, 0.4) is 0 Å². The fourth-order valence-corrected chi connectivity index (χ4v) is 6.07. The number of ether oxygens (including phenoxy) is 1. The average molecular weight is 477 g/mol. The number of benzene rings is 2. The van der Waals surface area contributed by atoms with E-state index in [9.17, 15) is 19.5 Å². The molecule has 184 valence electrons. The van der Waals surface area contributed by atoms with Crippen LogP contribution in [0.5, 0.6) is 0 Å². The third-order valence-corrected chi connectivity index (χ3v) is 8.34. The van der Waals surface area contributed by atoms with Crippen molar-refractivity contribution in [3.05, 3.63) is 59.7 Å². The van der Waals surface area contributed by atoms with Crippen LogP contribution in [0.15, 0.2) is 48.5 Å². The fraction of sp³-hybridized carbons (Fsp3) is 0.464. The van der Waals surface area contributed by atoms with E-state index in [4.69, 9.17) is 4.74 Å². The van der Waals surface area contributed by atoms with Gasteiger partial charge in [0.15, 0.2) is 0 Å². The van der Waals surface area contributed by atoms with E-state index in [1.54, 1.807) is 7.05 Å². The number of aliphatic carboxylic acids is 1. The van der Waals surface area contributed by atoms with E-state index in [-0.39, 0.29) is 36.8 Å². The highest BCUT2D eigenvalue weighted by Crippen LogP contribution is 2.44. The van der Waals surface area contributed by atoms with Crippen LogP contribution in [0.1, 0.15) is 62.0 Å². The van der Waals surface area contributed by atoms with Crippen molar-refractivity contribution in [3.63, 3.8) is 0 Å². The summed E-state index contributed by atoms with van der Waals surface area (Å²) in [5.74, 6) is -1.12. The molecule has 3 aliphatic rings. The predicted molar refractivity (Wildman–Crippen MR) is 131 cm³/mol. The maximum absolute atomic E-state index is 12.9. The Balaban J connectivity index is 1.18. The molecule has 35 heavy (non-hydrogen) atoms. The topological polar surface area (TPSA) is 95.9 Å². The van der Waals surface area contributed by atoms with E-state index < -0.39 is 17.6 Å². The SMILES string of the molecule is CN(C(=O)C[C@@H]1CCC[C@H]1NC(=O)OCC1c2ccccc2-c2ccccc21)C1(C(=O)O)CCC1. The van der Waals surface area contributed by atoms with Crippen LogP contribution in [0.25, 0.3) is 11.1 Å². The second-order valence-corrected chi connectivity index (χ2v) is 10.1. The molecule has 0 unspecified atom stereocenters. The summed E-state index contributed by atoms with van der Waals surface area (Å²) < 4.78 is 5.69. The number of alkyl carbamates (subject to hydrolysis) is 1. The zero-order chi connectivity index (χ0) is 24.6. The van der Waals surface area contributed by atoms with Crippen molar-refractivity contribution in [2.75, 3.05) is 13.7 Å². The van der Waals surface area contributed by atoms with Gasteiger partial charge in [-0.15, -0.1) is 0 Å². The van der Waals surface area contributed by atoms with Gasteiger partial charge in [0.1, 0.15) is 12.1 Å². The van der Waals surface area contributed by atoms with E-state index in [0.717, 1.165) is 36.8 Å². The van der Waals surface area contributed by atoms with Crippen molar-refractivity contribution in [1.82, 2.24) is 10.2 Å². The van der Waals surface area contributed by atoms with Gasteiger partial charge < -0.3 is 20.1 Å². The number of carbonyl (C=O) groups excluding carboxylic acids is 2. The highest BCUT2D eigenvalue weighted by atomic mass is 16.5. The minimum atomic E-state index is -1.06. The molecule has 2 aromatic carbocycles. The van der Waals surface area contributed by atoms with Crippen molar-refractivity contribution in [1.29, 1.82) is 0 Å². The largest absolute Gasteiger partial charge is 0.479 e. The molecule has 2 saturated carbocycles. The minimum absolute atomic E-state index is 0.00237. The first-order valence-electron chi connectivity index (χ1n) is 12.5. The van der Waals surface area contributed by atoms with Crippen molar-refractivity contribution in [2.24, 2.45) is 5.92 Å². The summed E-state index contributed by atoms with van der Waals surface area (Å²) in [5.41, 5.74) is 3.63. The van der Waals surface area contributed by atoms with E-state index >= 15 is 0 Å². The zero-order valence-corrected chi connectivity index (χ0v) is 20.0. The molecule has 7 nitrogen and oxygen atoms in total. The van der Waals surface area contributed by atoms with E-state index in [1.807, 2.05) is 24.3 Å². The smallest absolute Gasteiger partial charge is 0.407 e. The Morgan fingerprint density at radius 3 is 2.20 bits per heavy atom. The van der Waals surface area contributed by atoms with Crippen molar-refractivity contribution in [3.8, 4) is 11.1 Å². The number of amides is 2. The molecule has 2 amide bonds. The number of nitrogens with zero attached hydrogens (tertiary/aromatic N) is 1.